The second kappa shape index (κ2) is 15.3. The van der Waals surface area contributed by atoms with E-state index >= 15 is 0 Å². The molecule has 0 amide bonds. The van der Waals surface area contributed by atoms with Gasteiger partial charge in [-0.3, -0.25) is 0 Å². The Hall–Kier alpha value is -8.52. The van der Waals surface area contributed by atoms with Crippen LogP contribution in [0.15, 0.2) is 261 Å². The largest absolute Gasteiger partial charge is 0.309 e. The van der Waals surface area contributed by atoms with Gasteiger partial charge in [0.1, 0.15) is 0 Å². The van der Waals surface area contributed by atoms with Crippen molar-refractivity contribution in [1.29, 1.82) is 0 Å². The van der Waals surface area contributed by atoms with Gasteiger partial charge in [-0.15, -0.1) is 0 Å². The van der Waals surface area contributed by atoms with Gasteiger partial charge in [-0.2, -0.15) is 0 Å². The van der Waals surface area contributed by atoms with Gasteiger partial charge in [-0.1, -0.05) is 237 Å². The highest BCUT2D eigenvalue weighted by atomic mass is 15.1. The topological polar surface area (TPSA) is 3.24 Å². The minimum absolute atomic E-state index is 0.535. The van der Waals surface area contributed by atoms with Crippen LogP contribution in [0.5, 0.6) is 0 Å². The minimum Gasteiger partial charge on any atom is -0.309 e. The third-order valence-electron chi connectivity index (χ3n) is 14.1. The lowest BCUT2D eigenvalue weighted by Gasteiger charge is -2.33. The maximum absolute atomic E-state index is 2.53. The molecule has 0 bridgehead atoms. The summed E-state index contributed by atoms with van der Waals surface area (Å²) in [6.45, 7) is 0. The van der Waals surface area contributed by atoms with Crippen molar-refractivity contribution in [2.24, 2.45) is 0 Å². The Morgan fingerprint density at radius 3 is 1.30 bits per heavy atom. The highest BCUT2D eigenvalue weighted by molar-refractivity contribution is 6.08. The molecule has 0 fully saturated rings. The molecule has 0 aromatic heterocycles. The third-order valence-corrected chi connectivity index (χ3v) is 14.1. The molecule has 11 aromatic rings. The van der Waals surface area contributed by atoms with Gasteiger partial charge in [0, 0.05) is 16.8 Å². The Balaban J connectivity index is 1.11. The SMILES string of the molecule is c1ccc(-c2ccccc2N(c2ccc3c(c2)C2(c4ccccc4-c4ccccc42)c2cccc(-c4ccccc4)c2-3)c2ccccc2-c2ccc(-c3ccccc3)c3ccccc23)cc1. The second-order valence-electron chi connectivity index (χ2n) is 17.5. The molecule has 1 heteroatoms. The van der Waals surface area contributed by atoms with Crippen molar-refractivity contribution >= 4 is 27.8 Å². The Morgan fingerprint density at radius 1 is 0.242 bits per heavy atom. The van der Waals surface area contributed by atoms with Gasteiger partial charge in [0.25, 0.3) is 0 Å². The zero-order chi connectivity index (χ0) is 43.6. The highest BCUT2D eigenvalue weighted by Crippen LogP contribution is 2.65. The first-order valence-electron chi connectivity index (χ1n) is 22.9. The fourth-order valence-electron chi connectivity index (χ4n) is 11.4. The van der Waals surface area contributed by atoms with E-state index in [2.05, 4.69) is 266 Å². The van der Waals surface area contributed by atoms with Gasteiger partial charge in [0.15, 0.2) is 0 Å². The lowest BCUT2D eigenvalue weighted by molar-refractivity contribution is 0.794. The highest BCUT2D eigenvalue weighted by Gasteiger charge is 2.52. The number of nitrogens with zero attached hydrogens (tertiary/aromatic N) is 1. The summed E-state index contributed by atoms with van der Waals surface area (Å²) >= 11 is 0. The Kier molecular flexibility index (Phi) is 8.82. The summed E-state index contributed by atoms with van der Waals surface area (Å²) in [6, 6.07) is 96.4. The number of rotatable bonds is 7. The fraction of sp³-hybridized carbons (Fsp3) is 0.0154. The van der Waals surface area contributed by atoms with Crippen molar-refractivity contribution in [2.75, 3.05) is 4.90 Å². The molecule has 0 aliphatic heterocycles. The summed E-state index contributed by atoms with van der Waals surface area (Å²) in [5.41, 5.74) is 22.9. The molecule has 0 N–H and O–H groups in total. The number of hydrogen-bond donors (Lipinski definition) is 0. The summed E-state index contributed by atoms with van der Waals surface area (Å²) in [6.07, 6.45) is 0. The molecule has 2 aliphatic carbocycles. The van der Waals surface area contributed by atoms with Crippen LogP contribution in [0.25, 0.3) is 77.5 Å². The van der Waals surface area contributed by atoms with Crippen molar-refractivity contribution < 1.29 is 0 Å². The van der Waals surface area contributed by atoms with Crippen LogP contribution >= 0.6 is 0 Å². The molecule has 0 atom stereocenters. The van der Waals surface area contributed by atoms with E-state index in [9.17, 15) is 0 Å². The Bertz CT molecular complexity index is 3600. The molecule has 0 radical (unpaired) electrons. The van der Waals surface area contributed by atoms with Crippen LogP contribution in [0.4, 0.5) is 17.1 Å². The Morgan fingerprint density at radius 2 is 0.667 bits per heavy atom. The van der Waals surface area contributed by atoms with E-state index in [1.165, 1.54) is 94.2 Å². The average molecular weight is 838 g/mol. The third kappa shape index (κ3) is 5.67. The molecule has 0 saturated carbocycles. The smallest absolute Gasteiger partial charge is 0.0726 e. The van der Waals surface area contributed by atoms with Crippen LogP contribution in [-0.4, -0.2) is 0 Å². The number of benzene rings is 11. The molecular formula is C65H43N. The van der Waals surface area contributed by atoms with Gasteiger partial charge in [-0.25, -0.2) is 0 Å². The quantitative estimate of drug-likeness (QED) is 0.155. The lowest BCUT2D eigenvalue weighted by Crippen LogP contribution is -2.26. The molecule has 1 spiro atoms. The maximum Gasteiger partial charge on any atom is 0.0726 e. The maximum atomic E-state index is 2.53. The number of anilines is 3. The molecule has 308 valence electrons. The predicted octanol–water partition coefficient (Wildman–Crippen LogP) is 17.3. The first-order chi connectivity index (χ1) is 32.8. The van der Waals surface area contributed by atoms with Gasteiger partial charge in [0.2, 0.25) is 0 Å². The van der Waals surface area contributed by atoms with Gasteiger partial charge < -0.3 is 4.90 Å². The van der Waals surface area contributed by atoms with Crippen molar-refractivity contribution in [3.8, 4) is 66.8 Å². The number of fused-ring (bicyclic) bond motifs is 11. The monoisotopic (exact) mass is 837 g/mol. The van der Waals surface area contributed by atoms with E-state index in [0.29, 0.717) is 0 Å². The van der Waals surface area contributed by atoms with E-state index in [-0.39, 0.29) is 0 Å². The molecule has 1 nitrogen and oxygen atoms in total. The number of hydrogen-bond acceptors (Lipinski definition) is 1. The molecule has 11 aromatic carbocycles. The van der Waals surface area contributed by atoms with Crippen LogP contribution in [0, 0.1) is 0 Å². The molecule has 2 aliphatic rings. The lowest BCUT2D eigenvalue weighted by atomic mass is 9.70. The molecule has 0 heterocycles. The Labute approximate surface area is 386 Å². The summed E-state index contributed by atoms with van der Waals surface area (Å²) < 4.78 is 0. The summed E-state index contributed by atoms with van der Waals surface area (Å²) in [5, 5.41) is 2.45. The molecule has 66 heavy (non-hydrogen) atoms. The fourth-order valence-corrected chi connectivity index (χ4v) is 11.4. The van der Waals surface area contributed by atoms with Crippen LogP contribution in [-0.2, 0) is 5.41 Å². The number of para-hydroxylation sites is 2. The zero-order valence-electron chi connectivity index (χ0n) is 36.3. The minimum atomic E-state index is -0.535. The van der Waals surface area contributed by atoms with Crippen molar-refractivity contribution in [3.05, 3.63) is 283 Å². The van der Waals surface area contributed by atoms with Gasteiger partial charge in [-0.05, 0) is 113 Å². The molecule has 0 unspecified atom stereocenters. The first kappa shape index (κ1) is 38.0. The van der Waals surface area contributed by atoms with Crippen LogP contribution in [0.1, 0.15) is 22.3 Å². The molecule has 13 rings (SSSR count). The second-order valence-corrected chi connectivity index (χ2v) is 17.5. The summed E-state index contributed by atoms with van der Waals surface area (Å²) in [5.74, 6) is 0. The average Bonchev–Trinajstić information content (AvgIpc) is 3.87. The summed E-state index contributed by atoms with van der Waals surface area (Å²) in [4.78, 5) is 2.53. The van der Waals surface area contributed by atoms with E-state index in [1.807, 2.05) is 0 Å². The first-order valence-corrected chi connectivity index (χ1v) is 22.9. The van der Waals surface area contributed by atoms with Crippen molar-refractivity contribution in [1.82, 2.24) is 0 Å². The van der Waals surface area contributed by atoms with E-state index in [0.717, 1.165) is 22.6 Å². The summed E-state index contributed by atoms with van der Waals surface area (Å²) in [7, 11) is 0. The zero-order valence-corrected chi connectivity index (χ0v) is 36.3. The van der Waals surface area contributed by atoms with E-state index < -0.39 is 5.41 Å². The van der Waals surface area contributed by atoms with Crippen molar-refractivity contribution in [3.63, 3.8) is 0 Å². The molecule has 0 saturated heterocycles. The normalized spacial score (nSPS) is 12.7. The standard InChI is InChI=1S/C65H43N/c1-4-21-44(22-5-1)48-41-42-53(52-29-11-10-28-51(48)52)56-32-15-19-38-63(56)66(62-37-18-14-27-49(62)45-23-6-2-7-24-45)47-39-40-57-61(43-47)65(58-34-16-12-30-54(58)55-31-13-17-35-59(55)65)60-36-20-33-50(64(57)60)46-25-8-3-9-26-46/h1-43H. The van der Waals surface area contributed by atoms with E-state index in [4.69, 9.17) is 0 Å². The predicted molar refractivity (Wildman–Crippen MR) is 277 cm³/mol. The van der Waals surface area contributed by atoms with Gasteiger partial charge >= 0.3 is 0 Å². The van der Waals surface area contributed by atoms with Gasteiger partial charge in [0.05, 0.1) is 16.8 Å². The van der Waals surface area contributed by atoms with Crippen LogP contribution in [0.2, 0.25) is 0 Å². The van der Waals surface area contributed by atoms with Crippen LogP contribution < -0.4 is 4.90 Å². The molecular weight excluding hydrogens is 795 g/mol. The van der Waals surface area contributed by atoms with E-state index in [1.54, 1.807) is 0 Å². The van der Waals surface area contributed by atoms with Crippen molar-refractivity contribution in [2.45, 2.75) is 5.41 Å². The van der Waals surface area contributed by atoms with Crippen LogP contribution in [0.3, 0.4) is 0 Å².